The Labute approximate surface area is 159 Å². The van der Waals surface area contributed by atoms with E-state index in [2.05, 4.69) is 5.32 Å². The van der Waals surface area contributed by atoms with Crippen LogP contribution in [0.3, 0.4) is 0 Å². The molecule has 1 saturated heterocycles. The summed E-state index contributed by atoms with van der Waals surface area (Å²) in [5.74, 6) is -1.67. The van der Waals surface area contributed by atoms with Gasteiger partial charge >= 0.3 is 0 Å². The highest BCUT2D eigenvalue weighted by Crippen LogP contribution is 2.32. The number of amides is 3. The van der Waals surface area contributed by atoms with E-state index in [-0.39, 0.29) is 23.6 Å². The first-order valence-corrected chi connectivity index (χ1v) is 10.5. The second kappa shape index (κ2) is 7.65. The zero-order chi connectivity index (χ0) is 19.6. The predicted octanol–water partition coefficient (Wildman–Crippen LogP) is 1.68. The molecule has 2 aliphatic rings. The van der Waals surface area contributed by atoms with Gasteiger partial charge in [-0.05, 0) is 41.6 Å². The van der Waals surface area contributed by atoms with E-state index in [1.54, 1.807) is 6.07 Å². The van der Waals surface area contributed by atoms with Gasteiger partial charge in [0.25, 0.3) is 11.1 Å². The number of halogens is 1. The van der Waals surface area contributed by atoms with Crippen molar-refractivity contribution in [3.05, 3.63) is 52.0 Å². The molecule has 1 fully saturated rings. The summed E-state index contributed by atoms with van der Waals surface area (Å²) in [5.41, 5.74) is 0.451. The van der Waals surface area contributed by atoms with Crippen molar-refractivity contribution in [3.8, 4) is 0 Å². The Balaban J connectivity index is 1.58. The lowest BCUT2D eigenvalue weighted by atomic mass is 10.2. The maximum Gasteiger partial charge on any atom is 0.293 e. The molecule has 0 unspecified atom stereocenters. The number of rotatable bonds is 5. The zero-order valence-corrected chi connectivity index (χ0v) is 15.6. The fourth-order valence-electron chi connectivity index (χ4n) is 2.60. The molecule has 2 heterocycles. The van der Waals surface area contributed by atoms with Gasteiger partial charge in [0, 0.05) is 18.4 Å². The molecular formula is C17H15FN2O5S2. The van der Waals surface area contributed by atoms with E-state index in [1.165, 1.54) is 30.4 Å². The van der Waals surface area contributed by atoms with Crippen LogP contribution in [0, 0.1) is 5.82 Å². The van der Waals surface area contributed by atoms with Crippen molar-refractivity contribution >= 4 is 44.7 Å². The average Bonchev–Trinajstić information content (AvgIpc) is 3.05. The Morgan fingerprint density at radius 3 is 2.81 bits per heavy atom. The largest absolute Gasteiger partial charge is 0.349 e. The van der Waals surface area contributed by atoms with Gasteiger partial charge in [0.2, 0.25) is 5.91 Å². The van der Waals surface area contributed by atoms with E-state index in [0.29, 0.717) is 5.56 Å². The Bertz CT molecular complexity index is 971. The Hall–Kier alpha value is -2.46. The third-order valence-electron chi connectivity index (χ3n) is 3.86. The van der Waals surface area contributed by atoms with E-state index in [4.69, 9.17) is 0 Å². The van der Waals surface area contributed by atoms with Gasteiger partial charge < -0.3 is 5.32 Å². The molecule has 1 aromatic carbocycles. The second-order valence-electron chi connectivity index (χ2n) is 5.97. The Morgan fingerprint density at radius 2 is 2.15 bits per heavy atom. The molecule has 0 aliphatic carbocycles. The number of carbonyl (C=O) groups is 3. The highest BCUT2D eigenvalue weighted by molar-refractivity contribution is 8.18. The summed E-state index contributed by atoms with van der Waals surface area (Å²) >= 11 is 0.721. The van der Waals surface area contributed by atoms with Crippen molar-refractivity contribution in [3.63, 3.8) is 0 Å². The molecule has 1 N–H and O–H groups in total. The number of thioether (sulfide) groups is 1. The molecular weight excluding hydrogens is 395 g/mol. The van der Waals surface area contributed by atoms with Crippen molar-refractivity contribution in [2.75, 3.05) is 12.3 Å². The first-order valence-electron chi connectivity index (χ1n) is 7.95. The molecule has 0 aromatic heterocycles. The minimum atomic E-state index is -3.28. The van der Waals surface area contributed by atoms with Crippen LogP contribution in [0.5, 0.6) is 0 Å². The molecule has 7 nitrogen and oxygen atoms in total. The summed E-state index contributed by atoms with van der Waals surface area (Å²) in [5, 5.41) is 3.06. The maximum atomic E-state index is 13.2. The Morgan fingerprint density at radius 1 is 1.37 bits per heavy atom. The van der Waals surface area contributed by atoms with Gasteiger partial charge in [-0.15, -0.1) is 0 Å². The summed E-state index contributed by atoms with van der Waals surface area (Å²) in [7, 11) is -3.28. The lowest BCUT2D eigenvalue weighted by Crippen LogP contribution is -2.38. The van der Waals surface area contributed by atoms with E-state index in [9.17, 15) is 27.2 Å². The van der Waals surface area contributed by atoms with Crippen molar-refractivity contribution in [1.29, 1.82) is 0 Å². The summed E-state index contributed by atoms with van der Waals surface area (Å²) in [4.78, 5) is 37.4. The van der Waals surface area contributed by atoms with Crippen LogP contribution in [-0.2, 0) is 19.4 Å². The fourth-order valence-corrected chi connectivity index (χ4v) is 4.70. The third-order valence-corrected chi connectivity index (χ3v) is 6.16. The normalized spacial score (nSPS) is 22.6. The van der Waals surface area contributed by atoms with Gasteiger partial charge in [0.15, 0.2) is 9.84 Å². The first kappa shape index (κ1) is 19.3. The van der Waals surface area contributed by atoms with Crippen LogP contribution >= 0.6 is 11.8 Å². The summed E-state index contributed by atoms with van der Waals surface area (Å²) in [6, 6.07) is 5.00. The number of hydrogen-bond donors (Lipinski definition) is 1. The van der Waals surface area contributed by atoms with Crippen LogP contribution in [0.25, 0.3) is 6.08 Å². The minimum Gasteiger partial charge on any atom is -0.349 e. The van der Waals surface area contributed by atoms with Gasteiger partial charge in [0.05, 0.1) is 16.7 Å². The average molecular weight is 410 g/mol. The standard InChI is InChI=1S/C17H15FN2O5S2/c18-12-3-1-2-11(8-12)9-14-16(22)20(17(23)26-14)6-4-15(21)19-13-5-7-27(24,25)10-13/h1-3,5,7-9,13H,4,6,10H2,(H,19,21)/b14-9+/t13-/m0/s1. The van der Waals surface area contributed by atoms with Crippen LogP contribution in [0.1, 0.15) is 12.0 Å². The smallest absolute Gasteiger partial charge is 0.293 e. The molecule has 2 aliphatic heterocycles. The van der Waals surface area contributed by atoms with Crippen LogP contribution in [-0.4, -0.2) is 48.7 Å². The molecule has 10 heteroatoms. The fraction of sp³-hybridized carbons (Fsp3) is 0.235. The van der Waals surface area contributed by atoms with E-state index < -0.39 is 38.7 Å². The van der Waals surface area contributed by atoms with Gasteiger partial charge in [0.1, 0.15) is 5.82 Å². The molecule has 27 heavy (non-hydrogen) atoms. The van der Waals surface area contributed by atoms with Crippen molar-refractivity contribution in [1.82, 2.24) is 10.2 Å². The van der Waals surface area contributed by atoms with Crippen LogP contribution < -0.4 is 5.32 Å². The third kappa shape index (κ3) is 4.83. The SMILES string of the molecule is O=C(CCN1C(=O)S/C(=C/c2cccc(F)c2)C1=O)N[C@H]1C=CS(=O)(=O)C1. The summed E-state index contributed by atoms with van der Waals surface area (Å²) in [6.45, 7) is -0.125. The van der Waals surface area contributed by atoms with Gasteiger partial charge in [-0.25, -0.2) is 12.8 Å². The predicted molar refractivity (Wildman–Crippen MR) is 98.6 cm³/mol. The number of hydrogen-bond acceptors (Lipinski definition) is 6. The molecule has 0 radical (unpaired) electrons. The molecule has 0 saturated carbocycles. The summed E-state index contributed by atoms with van der Waals surface area (Å²) < 4.78 is 35.9. The lowest BCUT2D eigenvalue weighted by Gasteiger charge is -2.14. The zero-order valence-electron chi connectivity index (χ0n) is 13.9. The number of nitrogens with zero attached hydrogens (tertiary/aromatic N) is 1. The van der Waals surface area contributed by atoms with Crippen molar-refractivity contribution < 1.29 is 27.2 Å². The highest BCUT2D eigenvalue weighted by Gasteiger charge is 2.35. The molecule has 3 amide bonds. The number of benzene rings is 1. The monoisotopic (exact) mass is 410 g/mol. The number of nitrogens with one attached hydrogen (secondary N) is 1. The molecule has 0 bridgehead atoms. The van der Waals surface area contributed by atoms with Crippen LogP contribution in [0.4, 0.5) is 9.18 Å². The van der Waals surface area contributed by atoms with E-state index in [1.807, 2.05) is 0 Å². The Kier molecular flexibility index (Phi) is 5.47. The van der Waals surface area contributed by atoms with Gasteiger partial charge in [-0.3, -0.25) is 19.3 Å². The summed E-state index contributed by atoms with van der Waals surface area (Å²) in [6.07, 6.45) is 2.66. The van der Waals surface area contributed by atoms with Crippen molar-refractivity contribution in [2.45, 2.75) is 12.5 Å². The lowest BCUT2D eigenvalue weighted by molar-refractivity contribution is -0.124. The molecule has 142 valence electrons. The first-order chi connectivity index (χ1) is 12.7. The quantitative estimate of drug-likeness (QED) is 0.742. The minimum absolute atomic E-state index is 0.125. The second-order valence-corrected chi connectivity index (χ2v) is 8.89. The van der Waals surface area contributed by atoms with E-state index in [0.717, 1.165) is 22.1 Å². The number of sulfone groups is 1. The number of imide groups is 1. The molecule has 1 atom stereocenters. The van der Waals surface area contributed by atoms with Crippen LogP contribution in [0.2, 0.25) is 0 Å². The van der Waals surface area contributed by atoms with Crippen molar-refractivity contribution in [2.24, 2.45) is 0 Å². The molecule has 3 rings (SSSR count). The highest BCUT2D eigenvalue weighted by atomic mass is 32.2. The van der Waals surface area contributed by atoms with Gasteiger partial charge in [-0.2, -0.15) is 0 Å². The topological polar surface area (TPSA) is 101 Å². The molecule has 0 spiro atoms. The van der Waals surface area contributed by atoms with Crippen LogP contribution in [0.15, 0.2) is 40.7 Å². The van der Waals surface area contributed by atoms with E-state index >= 15 is 0 Å². The maximum absolute atomic E-state index is 13.2. The van der Waals surface area contributed by atoms with Gasteiger partial charge in [-0.1, -0.05) is 12.1 Å². The number of carbonyl (C=O) groups excluding carboxylic acids is 3. The molecule has 1 aromatic rings.